The molecule has 1 unspecified atom stereocenters. The topological polar surface area (TPSA) is 41.5 Å². The number of ether oxygens (including phenoxy) is 1. The molecule has 1 aromatic rings. The number of benzene rings is 1. The number of methoxy groups -OCH3 is 1. The maximum absolute atomic E-state index is 13.3. The molecule has 1 rings (SSSR count). The molecule has 0 saturated carbocycles. The predicted molar refractivity (Wildman–Crippen MR) is 56.6 cm³/mol. The third kappa shape index (κ3) is 3.49. The summed E-state index contributed by atoms with van der Waals surface area (Å²) < 4.78 is 18.1. The van der Waals surface area contributed by atoms with Crippen LogP contribution in [-0.2, 0) is 6.42 Å². The second kappa shape index (κ2) is 5.68. The van der Waals surface area contributed by atoms with E-state index in [2.05, 4.69) is 5.32 Å². The normalized spacial score (nSPS) is 12.5. The van der Waals surface area contributed by atoms with Crippen molar-refractivity contribution < 1.29 is 14.2 Å². The van der Waals surface area contributed by atoms with Crippen molar-refractivity contribution in [2.75, 3.05) is 20.7 Å². The fourth-order valence-corrected chi connectivity index (χ4v) is 1.42. The van der Waals surface area contributed by atoms with Gasteiger partial charge in [-0.2, -0.15) is 0 Å². The molecule has 15 heavy (non-hydrogen) atoms. The van der Waals surface area contributed by atoms with Gasteiger partial charge in [-0.15, -0.1) is 0 Å². The highest BCUT2D eigenvalue weighted by molar-refractivity contribution is 5.29. The molecule has 0 fully saturated rings. The van der Waals surface area contributed by atoms with Gasteiger partial charge in [-0.1, -0.05) is 6.07 Å². The highest BCUT2D eigenvalue weighted by Crippen LogP contribution is 2.18. The molecule has 0 aliphatic heterocycles. The first-order valence-corrected chi connectivity index (χ1v) is 4.82. The van der Waals surface area contributed by atoms with Crippen LogP contribution in [0.1, 0.15) is 5.56 Å². The van der Waals surface area contributed by atoms with Crippen molar-refractivity contribution >= 4 is 0 Å². The van der Waals surface area contributed by atoms with Crippen LogP contribution in [0.15, 0.2) is 18.2 Å². The van der Waals surface area contributed by atoms with Gasteiger partial charge in [0.2, 0.25) is 0 Å². The standard InChI is InChI=1S/C11H16FNO2/c1-13-7-9(14)5-8-3-4-11(15-2)10(12)6-8/h3-4,6,9,13-14H,5,7H2,1-2H3. The third-order valence-electron chi connectivity index (χ3n) is 2.13. The molecule has 0 bridgehead atoms. The summed E-state index contributed by atoms with van der Waals surface area (Å²) >= 11 is 0. The molecule has 0 heterocycles. The Bertz CT molecular complexity index is 317. The van der Waals surface area contributed by atoms with E-state index in [0.29, 0.717) is 13.0 Å². The van der Waals surface area contributed by atoms with Gasteiger partial charge in [-0.05, 0) is 31.2 Å². The minimum atomic E-state index is -0.497. The van der Waals surface area contributed by atoms with E-state index < -0.39 is 11.9 Å². The summed E-state index contributed by atoms with van der Waals surface area (Å²) in [5.41, 5.74) is 0.760. The molecular weight excluding hydrogens is 197 g/mol. The molecule has 1 atom stereocenters. The van der Waals surface area contributed by atoms with Crippen LogP contribution in [0.25, 0.3) is 0 Å². The molecule has 0 radical (unpaired) electrons. The van der Waals surface area contributed by atoms with Crippen LogP contribution >= 0.6 is 0 Å². The van der Waals surface area contributed by atoms with Gasteiger partial charge in [-0.25, -0.2) is 4.39 Å². The van der Waals surface area contributed by atoms with Crippen molar-refractivity contribution in [1.82, 2.24) is 5.32 Å². The lowest BCUT2D eigenvalue weighted by Crippen LogP contribution is -2.25. The van der Waals surface area contributed by atoms with Gasteiger partial charge in [0.25, 0.3) is 0 Å². The van der Waals surface area contributed by atoms with E-state index in [0.717, 1.165) is 5.56 Å². The lowest BCUT2D eigenvalue weighted by atomic mass is 10.1. The minimum absolute atomic E-state index is 0.224. The summed E-state index contributed by atoms with van der Waals surface area (Å²) in [5.74, 6) is -0.173. The average Bonchev–Trinajstić information content (AvgIpc) is 2.18. The van der Waals surface area contributed by atoms with E-state index in [1.807, 2.05) is 0 Å². The van der Waals surface area contributed by atoms with Crippen molar-refractivity contribution in [3.05, 3.63) is 29.6 Å². The van der Waals surface area contributed by atoms with Crippen LogP contribution < -0.4 is 10.1 Å². The number of hydrogen-bond acceptors (Lipinski definition) is 3. The van der Waals surface area contributed by atoms with E-state index in [1.54, 1.807) is 19.2 Å². The van der Waals surface area contributed by atoms with Gasteiger partial charge in [0, 0.05) is 6.54 Å². The molecule has 0 aliphatic rings. The average molecular weight is 213 g/mol. The summed E-state index contributed by atoms with van der Waals surface area (Å²) in [7, 11) is 3.19. The van der Waals surface area contributed by atoms with Crippen molar-refractivity contribution in [2.24, 2.45) is 0 Å². The van der Waals surface area contributed by atoms with Crippen LogP contribution in [0.2, 0.25) is 0 Å². The molecule has 0 saturated heterocycles. The number of likely N-dealkylation sites (N-methyl/N-ethyl adjacent to an activating group) is 1. The number of hydrogen-bond donors (Lipinski definition) is 2. The zero-order chi connectivity index (χ0) is 11.3. The fraction of sp³-hybridized carbons (Fsp3) is 0.455. The Balaban J connectivity index is 2.66. The molecule has 84 valence electrons. The van der Waals surface area contributed by atoms with Gasteiger partial charge in [0.15, 0.2) is 11.6 Å². The summed E-state index contributed by atoms with van der Waals surface area (Å²) in [6.07, 6.45) is -0.0651. The Morgan fingerprint density at radius 1 is 1.53 bits per heavy atom. The molecule has 1 aromatic carbocycles. The van der Waals surface area contributed by atoms with Gasteiger partial charge in [0.1, 0.15) is 0 Å². The van der Waals surface area contributed by atoms with Crippen LogP contribution in [-0.4, -0.2) is 31.9 Å². The molecular formula is C11H16FNO2. The summed E-state index contributed by atoms with van der Waals surface area (Å²) in [6.45, 7) is 0.494. The number of aliphatic hydroxyl groups is 1. The Labute approximate surface area is 88.9 Å². The Kier molecular flexibility index (Phi) is 4.52. The van der Waals surface area contributed by atoms with Gasteiger partial charge >= 0.3 is 0 Å². The van der Waals surface area contributed by atoms with E-state index in [9.17, 15) is 9.50 Å². The predicted octanol–water partition coefficient (Wildman–Crippen LogP) is 0.957. The zero-order valence-corrected chi connectivity index (χ0v) is 8.96. The van der Waals surface area contributed by atoms with Crippen LogP contribution in [0.3, 0.4) is 0 Å². The first-order chi connectivity index (χ1) is 7.17. The summed E-state index contributed by atoms with van der Waals surface area (Å²) in [5, 5.41) is 12.4. The van der Waals surface area contributed by atoms with Gasteiger partial charge < -0.3 is 15.2 Å². The van der Waals surface area contributed by atoms with E-state index in [4.69, 9.17) is 4.74 Å². The number of halogens is 1. The van der Waals surface area contributed by atoms with Crippen LogP contribution in [0, 0.1) is 5.82 Å². The SMILES string of the molecule is CNCC(O)Cc1ccc(OC)c(F)c1. The first-order valence-electron chi connectivity index (χ1n) is 4.82. The van der Waals surface area contributed by atoms with Crippen molar-refractivity contribution in [3.8, 4) is 5.75 Å². The molecule has 0 spiro atoms. The molecule has 0 aromatic heterocycles. The molecule has 4 heteroatoms. The first kappa shape index (κ1) is 11.9. The van der Waals surface area contributed by atoms with Crippen LogP contribution in [0.5, 0.6) is 5.75 Å². The monoisotopic (exact) mass is 213 g/mol. The quantitative estimate of drug-likeness (QED) is 0.765. The van der Waals surface area contributed by atoms with Gasteiger partial charge in [0.05, 0.1) is 13.2 Å². The minimum Gasteiger partial charge on any atom is -0.494 e. The van der Waals surface area contributed by atoms with E-state index in [-0.39, 0.29) is 5.75 Å². The highest BCUT2D eigenvalue weighted by atomic mass is 19.1. The molecule has 0 amide bonds. The lowest BCUT2D eigenvalue weighted by Gasteiger charge is -2.10. The summed E-state index contributed by atoms with van der Waals surface area (Å²) in [6, 6.07) is 4.70. The summed E-state index contributed by atoms with van der Waals surface area (Å²) in [4.78, 5) is 0. The third-order valence-corrected chi connectivity index (χ3v) is 2.13. The van der Waals surface area contributed by atoms with Gasteiger partial charge in [-0.3, -0.25) is 0 Å². The maximum atomic E-state index is 13.3. The second-order valence-corrected chi connectivity index (χ2v) is 3.38. The number of aliphatic hydroxyl groups excluding tert-OH is 1. The van der Waals surface area contributed by atoms with Crippen molar-refractivity contribution in [1.29, 1.82) is 0 Å². The number of nitrogens with one attached hydrogen (secondary N) is 1. The molecule has 3 nitrogen and oxygen atoms in total. The number of rotatable bonds is 5. The van der Waals surface area contributed by atoms with E-state index >= 15 is 0 Å². The fourth-order valence-electron chi connectivity index (χ4n) is 1.42. The second-order valence-electron chi connectivity index (χ2n) is 3.38. The lowest BCUT2D eigenvalue weighted by molar-refractivity contribution is 0.174. The Morgan fingerprint density at radius 2 is 2.27 bits per heavy atom. The van der Waals surface area contributed by atoms with Crippen molar-refractivity contribution in [2.45, 2.75) is 12.5 Å². The molecule has 0 aliphatic carbocycles. The van der Waals surface area contributed by atoms with Crippen LogP contribution in [0.4, 0.5) is 4.39 Å². The smallest absolute Gasteiger partial charge is 0.165 e. The Hall–Kier alpha value is -1.13. The molecule has 2 N–H and O–H groups in total. The van der Waals surface area contributed by atoms with E-state index in [1.165, 1.54) is 13.2 Å². The largest absolute Gasteiger partial charge is 0.494 e. The maximum Gasteiger partial charge on any atom is 0.165 e. The highest BCUT2D eigenvalue weighted by Gasteiger charge is 2.07. The zero-order valence-electron chi connectivity index (χ0n) is 8.96. The van der Waals surface area contributed by atoms with Crippen molar-refractivity contribution in [3.63, 3.8) is 0 Å². The Morgan fingerprint density at radius 3 is 2.80 bits per heavy atom.